The number of hydrogen-bond acceptors (Lipinski definition) is 2. The number of rotatable bonds is 12. The van der Waals surface area contributed by atoms with Crippen molar-refractivity contribution in [1.82, 2.24) is 15.3 Å². The van der Waals surface area contributed by atoms with Crippen LogP contribution in [0.15, 0.2) is 12.5 Å². The maximum absolute atomic E-state index is 11.6. The summed E-state index contributed by atoms with van der Waals surface area (Å²) in [6, 6.07) is 0. The van der Waals surface area contributed by atoms with Gasteiger partial charge in [-0.15, -0.1) is 0 Å². The first-order valence-electron chi connectivity index (χ1n) is 8.07. The zero-order valence-electron chi connectivity index (χ0n) is 12.8. The van der Waals surface area contributed by atoms with Crippen LogP contribution in [0.25, 0.3) is 0 Å². The normalized spacial score (nSPS) is 10.7. The average molecular weight is 279 g/mol. The van der Waals surface area contributed by atoms with Crippen molar-refractivity contribution < 1.29 is 4.79 Å². The van der Waals surface area contributed by atoms with E-state index in [1.807, 2.05) is 0 Å². The standard InChI is InChI=1S/C16H29N3O/c1-2-3-4-5-6-7-8-9-10-11-16(20)18-13-15-12-17-14-19-15/h12,14H,2-11,13H2,1H3,(H,17,19)(H,18,20). The van der Waals surface area contributed by atoms with Crippen LogP contribution in [0.5, 0.6) is 0 Å². The Kier molecular flexibility index (Phi) is 9.62. The third-order valence-corrected chi connectivity index (χ3v) is 3.54. The van der Waals surface area contributed by atoms with Gasteiger partial charge in [-0.25, -0.2) is 4.98 Å². The monoisotopic (exact) mass is 279 g/mol. The first-order valence-corrected chi connectivity index (χ1v) is 8.07. The number of aromatic amines is 1. The molecule has 0 atom stereocenters. The van der Waals surface area contributed by atoms with Crippen molar-refractivity contribution in [2.24, 2.45) is 0 Å². The lowest BCUT2D eigenvalue weighted by Crippen LogP contribution is -2.22. The molecule has 0 aromatic carbocycles. The Hall–Kier alpha value is -1.32. The summed E-state index contributed by atoms with van der Waals surface area (Å²) in [7, 11) is 0. The molecular weight excluding hydrogens is 250 g/mol. The molecule has 0 bridgehead atoms. The highest BCUT2D eigenvalue weighted by molar-refractivity contribution is 5.75. The van der Waals surface area contributed by atoms with E-state index in [2.05, 4.69) is 22.2 Å². The van der Waals surface area contributed by atoms with Crippen molar-refractivity contribution in [3.8, 4) is 0 Å². The summed E-state index contributed by atoms with van der Waals surface area (Å²) in [5, 5.41) is 2.90. The molecule has 1 heterocycles. The number of amides is 1. The van der Waals surface area contributed by atoms with Crippen molar-refractivity contribution in [3.63, 3.8) is 0 Å². The van der Waals surface area contributed by atoms with Gasteiger partial charge in [0, 0.05) is 12.6 Å². The molecule has 0 fully saturated rings. The second-order valence-electron chi connectivity index (χ2n) is 5.43. The number of carbonyl (C=O) groups excluding carboxylic acids is 1. The molecule has 1 amide bonds. The lowest BCUT2D eigenvalue weighted by Gasteiger charge is -2.04. The highest BCUT2D eigenvalue weighted by Crippen LogP contribution is 2.10. The van der Waals surface area contributed by atoms with Gasteiger partial charge in [0.25, 0.3) is 0 Å². The van der Waals surface area contributed by atoms with Crippen LogP contribution in [-0.4, -0.2) is 15.9 Å². The summed E-state index contributed by atoms with van der Waals surface area (Å²) in [5.41, 5.74) is 0.949. The zero-order chi connectivity index (χ0) is 14.5. The molecular formula is C16H29N3O. The average Bonchev–Trinajstić information content (AvgIpc) is 2.96. The lowest BCUT2D eigenvalue weighted by atomic mass is 10.1. The highest BCUT2D eigenvalue weighted by atomic mass is 16.1. The molecule has 0 saturated carbocycles. The van der Waals surface area contributed by atoms with Crippen molar-refractivity contribution in [3.05, 3.63) is 18.2 Å². The third kappa shape index (κ3) is 8.73. The van der Waals surface area contributed by atoms with E-state index in [1.54, 1.807) is 12.5 Å². The van der Waals surface area contributed by atoms with E-state index >= 15 is 0 Å². The number of carbonyl (C=O) groups is 1. The molecule has 0 saturated heterocycles. The van der Waals surface area contributed by atoms with Crippen molar-refractivity contribution in [2.45, 2.75) is 77.7 Å². The minimum absolute atomic E-state index is 0.141. The Morgan fingerprint density at radius 3 is 2.35 bits per heavy atom. The summed E-state index contributed by atoms with van der Waals surface area (Å²) < 4.78 is 0. The molecule has 4 nitrogen and oxygen atoms in total. The molecule has 20 heavy (non-hydrogen) atoms. The number of nitrogens with zero attached hydrogens (tertiary/aromatic N) is 1. The minimum atomic E-state index is 0.141. The number of imidazole rings is 1. The van der Waals surface area contributed by atoms with Crippen molar-refractivity contribution >= 4 is 5.91 Å². The van der Waals surface area contributed by atoms with Crippen molar-refractivity contribution in [1.29, 1.82) is 0 Å². The second-order valence-corrected chi connectivity index (χ2v) is 5.43. The van der Waals surface area contributed by atoms with Crippen LogP contribution < -0.4 is 5.32 Å². The molecule has 1 aromatic heterocycles. The minimum Gasteiger partial charge on any atom is -0.350 e. The maximum atomic E-state index is 11.6. The van der Waals surface area contributed by atoms with Gasteiger partial charge in [0.05, 0.1) is 18.6 Å². The van der Waals surface area contributed by atoms with Gasteiger partial charge >= 0.3 is 0 Å². The van der Waals surface area contributed by atoms with Crippen LogP contribution in [0, 0.1) is 0 Å². The van der Waals surface area contributed by atoms with E-state index in [0.717, 1.165) is 12.1 Å². The van der Waals surface area contributed by atoms with E-state index in [1.165, 1.54) is 51.4 Å². The number of hydrogen-bond donors (Lipinski definition) is 2. The third-order valence-electron chi connectivity index (χ3n) is 3.54. The fraction of sp³-hybridized carbons (Fsp3) is 0.750. The topological polar surface area (TPSA) is 57.8 Å². The SMILES string of the molecule is CCCCCCCCCCCC(=O)NCc1cnc[nH]1. The van der Waals surface area contributed by atoms with Crippen LogP contribution in [0.2, 0.25) is 0 Å². The maximum Gasteiger partial charge on any atom is 0.220 e. The molecule has 114 valence electrons. The van der Waals surface area contributed by atoms with Crippen LogP contribution >= 0.6 is 0 Å². The molecule has 0 unspecified atom stereocenters. The second kappa shape index (κ2) is 11.5. The summed E-state index contributed by atoms with van der Waals surface area (Å²) in [6.45, 7) is 2.80. The Morgan fingerprint density at radius 1 is 1.10 bits per heavy atom. The first kappa shape index (κ1) is 16.7. The van der Waals surface area contributed by atoms with Gasteiger partial charge in [-0.1, -0.05) is 58.3 Å². The van der Waals surface area contributed by atoms with E-state index in [-0.39, 0.29) is 5.91 Å². The van der Waals surface area contributed by atoms with Gasteiger partial charge in [-0.2, -0.15) is 0 Å². The van der Waals surface area contributed by atoms with Crippen LogP contribution in [-0.2, 0) is 11.3 Å². The summed E-state index contributed by atoms with van der Waals surface area (Å²) in [4.78, 5) is 18.5. The van der Waals surface area contributed by atoms with E-state index in [4.69, 9.17) is 0 Å². The number of H-pyrrole nitrogens is 1. The van der Waals surface area contributed by atoms with Gasteiger partial charge in [-0.05, 0) is 6.42 Å². The molecule has 1 rings (SSSR count). The van der Waals surface area contributed by atoms with Crippen LogP contribution in [0.1, 0.15) is 76.8 Å². The van der Waals surface area contributed by atoms with Gasteiger partial charge < -0.3 is 10.3 Å². The quantitative estimate of drug-likeness (QED) is 0.569. The predicted molar refractivity (Wildman–Crippen MR) is 82.3 cm³/mol. The Labute approximate surface area is 122 Å². The van der Waals surface area contributed by atoms with Crippen LogP contribution in [0.3, 0.4) is 0 Å². The summed E-state index contributed by atoms with van der Waals surface area (Å²) in [5.74, 6) is 0.141. The smallest absolute Gasteiger partial charge is 0.220 e. The van der Waals surface area contributed by atoms with Gasteiger partial charge in [0.2, 0.25) is 5.91 Å². The molecule has 0 aliphatic heterocycles. The molecule has 4 heteroatoms. The van der Waals surface area contributed by atoms with Gasteiger partial charge in [0.1, 0.15) is 0 Å². The largest absolute Gasteiger partial charge is 0.350 e. The van der Waals surface area contributed by atoms with Crippen molar-refractivity contribution in [2.75, 3.05) is 0 Å². The molecule has 2 N–H and O–H groups in total. The fourth-order valence-electron chi connectivity index (χ4n) is 2.26. The van der Waals surface area contributed by atoms with Gasteiger partial charge in [0.15, 0.2) is 0 Å². The first-order chi connectivity index (χ1) is 9.83. The predicted octanol–water partition coefficient (Wildman–Crippen LogP) is 3.95. The summed E-state index contributed by atoms with van der Waals surface area (Å²) >= 11 is 0. The lowest BCUT2D eigenvalue weighted by molar-refractivity contribution is -0.121. The van der Waals surface area contributed by atoms with Gasteiger partial charge in [-0.3, -0.25) is 4.79 Å². The van der Waals surface area contributed by atoms with E-state index in [0.29, 0.717) is 13.0 Å². The Bertz CT molecular complexity index is 336. The fourth-order valence-corrected chi connectivity index (χ4v) is 2.26. The Morgan fingerprint density at radius 2 is 1.75 bits per heavy atom. The number of nitrogens with one attached hydrogen (secondary N) is 2. The molecule has 0 spiro atoms. The molecule has 1 aromatic rings. The van der Waals surface area contributed by atoms with E-state index < -0.39 is 0 Å². The number of aromatic nitrogens is 2. The Balaban J connectivity index is 1.84. The summed E-state index contributed by atoms with van der Waals surface area (Å²) in [6.07, 6.45) is 15.6. The van der Waals surface area contributed by atoms with Crippen LogP contribution in [0.4, 0.5) is 0 Å². The molecule has 0 radical (unpaired) electrons. The highest BCUT2D eigenvalue weighted by Gasteiger charge is 2.01. The molecule has 0 aliphatic rings. The number of unbranched alkanes of at least 4 members (excludes halogenated alkanes) is 8. The molecule has 0 aliphatic carbocycles. The van der Waals surface area contributed by atoms with E-state index in [9.17, 15) is 4.79 Å². The zero-order valence-corrected chi connectivity index (χ0v) is 12.8.